The maximum atomic E-state index is 13.7. The van der Waals surface area contributed by atoms with Gasteiger partial charge in [-0.25, -0.2) is 0 Å². The number of para-hydroxylation sites is 1. The van der Waals surface area contributed by atoms with Crippen LogP contribution in [0.1, 0.15) is 21.5 Å². The van der Waals surface area contributed by atoms with Crippen LogP contribution in [0.3, 0.4) is 0 Å². The smallest absolute Gasteiger partial charge is 0.377 e. The average molecular weight is 373 g/mol. The molecule has 0 aliphatic carbocycles. The molecule has 0 spiro atoms. The van der Waals surface area contributed by atoms with Crippen molar-refractivity contribution in [2.24, 2.45) is 0 Å². The minimum atomic E-state index is -4.68. The van der Waals surface area contributed by atoms with E-state index in [4.69, 9.17) is 0 Å². The van der Waals surface area contributed by atoms with Crippen molar-refractivity contribution >= 4 is 28.2 Å². The standard InChI is InChI=1S/C20H18F3N3O/c1-12-10-13(8-9-17(12)26(2)3)25-19(27)15-11-24-16-7-5-4-6-14(16)18(15)20(21,22)23/h4-11H,1-3H3,(H,25,27). The Kier molecular flexibility index (Phi) is 4.78. The third-order valence-corrected chi connectivity index (χ3v) is 4.24. The molecule has 1 amide bonds. The van der Waals surface area contributed by atoms with Crippen LogP contribution in [-0.4, -0.2) is 25.0 Å². The summed E-state index contributed by atoms with van der Waals surface area (Å²) in [6.07, 6.45) is -3.71. The topological polar surface area (TPSA) is 45.2 Å². The summed E-state index contributed by atoms with van der Waals surface area (Å²) in [5, 5.41) is 2.44. The molecular weight excluding hydrogens is 355 g/mol. The monoisotopic (exact) mass is 373 g/mol. The Labute approximate surface area is 154 Å². The van der Waals surface area contributed by atoms with Crippen molar-refractivity contribution < 1.29 is 18.0 Å². The summed E-state index contributed by atoms with van der Waals surface area (Å²) in [6.45, 7) is 1.86. The second kappa shape index (κ2) is 6.90. The number of fused-ring (bicyclic) bond motifs is 1. The lowest BCUT2D eigenvalue weighted by atomic mass is 10.0. The molecule has 1 aromatic heterocycles. The van der Waals surface area contributed by atoms with Gasteiger partial charge in [0.05, 0.1) is 16.6 Å². The van der Waals surface area contributed by atoms with Crippen molar-refractivity contribution in [2.45, 2.75) is 13.1 Å². The number of benzene rings is 2. The molecule has 27 heavy (non-hydrogen) atoms. The zero-order valence-corrected chi connectivity index (χ0v) is 15.1. The second-order valence-electron chi connectivity index (χ2n) is 6.41. The van der Waals surface area contributed by atoms with Crippen molar-refractivity contribution in [2.75, 3.05) is 24.3 Å². The number of anilines is 2. The summed E-state index contributed by atoms with van der Waals surface area (Å²) >= 11 is 0. The maximum absolute atomic E-state index is 13.7. The van der Waals surface area contributed by atoms with Crippen LogP contribution < -0.4 is 10.2 Å². The Hall–Kier alpha value is -3.09. The molecule has 3 aromatic rings. The number of carbonyl (C=O) groups excluding carboxylic acids is 1. The lowest BCUT2D eigenvalue weighted by Crippen LogP contribution is -2.20. The van der Waals surface area contributed by atoms with Gasteiger partial charge in [0.25, 0.3) is 5.91 Å². The van der Waals surface area contributed by atoms with Gasteiger partial charge in [0.1, 0.15) is 0 Å². The third-order valence-electron chi connectivity index (χ3n) is 4.24. The molecule has 0 bridgehead atoms. The first-order valence-corrected chi connectivity index (χ1v) is 8.22. The Morgan fingerprint density at radius 2 is 1.81 bits per heavy atom. The van der Waals surface area contributed by atoms with E-state index >= 15 is 0 Å². The summed E-state index contributed by atoms with van der Waals surface area (Å²) < 4.78 is 41.0. The highest BCUT2D eigenvalue weighted by atomic mass is 19.4. The van der Waals surface area contributed by atoms with Crippen LogP contribution >= 0.6 is 0 Å². The van der Waals surface area contributed by atoms with Gasteiger partial charge in [-0.15, -0.1) is 0 Å². The molecule has 0 radical (unpaired) electrons. The van der Waals surface area contributed by atoms with E-state index in [9.17, 15) is 18.0 Å². The molecule has 0 aliphatic rings. The fraction of sp³-hybridized carbons (Fsp3) is 0.200. The molecule has 1 N–H and O–H groups in total. The molecule has 7 heteroatoms. The Balaban J connectivity index is 2.02. The van der Waals surface area contributed by atoms with Gasteiger partial charge >= 0.3 is 6.18 Å². The molecule has 1 heterocycles. The van der Waals surface area contributed by atoms with Gasteiger partial charge in [-0.3, -0.25) is 9.78 Å². The van der Waals surface area contributed by atoms with Crippen LogP contribution in [0.5, 0.6) is 0 Å². The van der Waals surface area contributed by atoms with E-state index in [-0.39, 0.29) is 10.9 Å². The van der Waals surface area contributed by atoms with Crippen LogP contribution in [-0.2, 0) is 6.18 Å². The van der Waals surface area contributed by atoms with Gasteiger partial charge in [-0.1, -0.05) is 18.2 Å². The van der Waals surface area contributed by atoms with Crippen molar-refractivity contribution in [1.29, 1.82) is 0 Å². The molecule has 0 atom stereocenters. The number of pyridine rings is 1. The summed E-state index contributed by atoms with van der Waals surface area (Å²) in [5.41, 5.74) is 0.974. The van der Waals surface area contributed by atoms with E-state index in [1.165, 1.54) is 18.2 Å². The van der Waals surface area contributed by atoms with Crippen LogP contribution in [0, 0.1) is 6.92 Å². The van der Waals surface area contributed by atoms with E-state index in [1.807, 2.05) is 25.9 Å². The highest BCUT2D eigenvalue weighted by Gasteiger charge is 2.37. The average Bonchev–Trinajstić information content (AvgIpc) is 2.59. The fourth-order valence-electron chi connectivity index (χ4n) is 3.05. The molecule has 0 saturated carbocycles. The largest absolute Gasteiger partial charge is 0.417 e. The van der Waals surface area contributed by atoms with Crippen molar-refractivity contribution in [3.8, 4) is 0 Å². The number of aromatic nitrogens is 1. The molecule has 2 aromatic carbocycles. The van der Waals surface area contributed by atoms with E-state index < -0.39 is 23.2 Å². The number of alkyl halides is 3. The van der Waals surface area contributed by atoms with Crippen molar-refractivity contribution in [3.63, 3.8) is 0 Å². The second-order valence-corrected chi connectivity index (χ2v) is 6.41. The number of hydrogen-bond acceptors (Lipinski definition) is 3. The molecule has 0 unspecified atom stereocenters. The van der Waals surface area contributed by atoms with Gasteiger partial charge in [-0.05, 0) is 36.8 Å². The number of carbonyl (C=O) groups is 1. The first kappa shape index (κ1) is 18.7. The highest BCUT2D eigenvalue weighted by Crippen LogP contribution is 2.37. The van der Waals surface area contributed by atoms with Gasteiger partial charge in [0.2, 0.25) is 0 Å². The number of aryl methyl sites for hydroxylation is 1. The van der Waals surface area contributed by atoms with E-state index in [0.717, 1.165) is 17.4 Å². The summed E-state index contributed by atoms with van der Waals surface area (Å²) in [6, 6.07) is 11.1. The van der Waals surface area contributed by atoms with E-state index in [2.05, 4.69) is 10.3 Å². The number of amides is 1. The predicted molar refractivity (Wildman–Crippen MR) is 100 cm³/mol. The maximum Gasteiger partial charge on any atom is 0.417 e. The molecule has 0 saturated heterocycles. The molecule has 140 valence electrons. The van der Waals surface area contributed by atoms with Gasteiger partial charge in [0, 0.05) is 37.1 Å². The summed E-state index contributed by atoms with van der Waals surface area (Å²) in [4.78, 5) is 18.5. The Morgan fingerprint density at radius 1 is 1.11 bits per heavy atom. The number of nitrogens with one attached hydrogen (secondary N) is 1. The number of rotatable bonds is 3. The Morgan fingerprint density at radius 3 is 2.44 bits per heavy atom. The first-order valence-electron chi connectivity index (χ1n) is 8.22. The number of hydrogen-bond donors (Lipinski definition) is 1. The SMILES string of the molecule is Cc1cc(NC(=O)c2cnc3ccccc3c2C(F)(F)F)ccc1N(C)C. The van der Waals surface area contributed by atoms with E-state index in [0.29, 0.717) is 5.69 Å². The zero-order chi connectivity index (χ0) is 19.8. The lowest BCUT2D eigenvalue weighted by Gasteiger charge is -2.18. The minimum absolute atomic E-state index is 0.100. The normalized spacial score (nSPS) is 11.5. The first-order chi connectivity index (χ1) is 12.7. The minimum Gasteiger partial charge on any atom is -0.377 e. The summed E-state index contributed by atoms with van der Waals surface area (Å²) in [7, 11) is 3.77. The molecule has 0 fully saturated rings. The molecular formula is C20H18F3N3O. The quantitative estimate of drug-likeness (QED) is 0.712. The van der Waals surface area contributed by atoms with Gasteiger partial charge < -0.3 is 10.2 Å². The third kappa shape index (κ3) is 3.72. The molecule has 3 rings (SSSR count). The van der Waals surface area contributed by atoms with Crippen LogP contribution in [0.25, 0.3) is 10.9 Å². The zero-order valence-electron chi connectivity index (χ0n) is 15.1. The van der Waals surface area contributed by atoms with Gasteiger partial charge in [-0.2, -0.15) is 13.2 Å². The fourth-order valence-corrected chi connectivity index (χ4v) is 3.05. The van der Waals surface area contributed by atoms with Gasteiger partial charge in [0.15, 0.2) is 0 Å². The van der Waals surface area contributed by atoms with Crippen molar-refractivity contribution in [1.82, 2.24) is 4.98 Å². The Bertz CT molecular complexity index is 1010. The number of halogens is 3. The predicted octanol–water partition coefficient (Wildman–Crippen LogP) is 4.88. The van der Waals surface area contributed by atoms with Crippen LogP contribution in [0.4, 0.5) is 24.5 Å². The van der Waals surface area contributed by atoms with Crippen LogP contribution in [0.15, 0.2) is 48.7 Å². The highest BCUT2D eigenvalue weighted by molar-refractivity contribution is 6.08. The summed E-state index contributed by atoms with van der Waals surface area (Å²) in [5.74, 6) is -0.849. The van der Waals surface area contributed by atoms with Crippen LogP contribution in [0.2, 0.25) is 0 Å². The van der Waals surface area contributed by atoms with Crippen molar-refractivity contribution in [3.05, 3.63) is 65.4 Å². The molecule has 0 aliphatic heterocycles. The number of nitrogens with zero attached hydrogens (tertiary/aromatic N) is 2. The lowest BCUT2D eigenvalue weighted by molar-refractivity contribution is -0.136. The molecule has 4 nitrogen and oxygen atoms in total. The van der Waals surface area contributed by atoms with E-state index in [1.54, 1.807) is 24.3 Å².